The summed E-state index contributed by atoms with van der Waals surface area (Å²) in [5.41, 5.74) is 4.12. The first-order valence-corrected chi connectivity index (χ1v) is 7.65. The first-order valence-electron chi connectivity index (χ1n) is 7.65. The second-order valence-corrected chi connectivity index (χ2v) is 6.35. The van der Waals surface area contributed by atoms with Crippen molar-refractivity contribution in [2.75, 3.05) is 13.1 Å². The Bertz CT molecular complexity index is 607. The van der Waals surface area contributed by atoms with Gasteiger partial charge in [0.1, 0.15) is 0 Å². The summed E-state index contributed by atoms with van der Waals surface area (Å²) < 4.78 is 0. The lowest BCUT2D eigenvalue weighted by atomic mass is 9.59. The number of para-hydroxylation sites is 1. The van der Waals surface area contributed by atoms with E-state index in [0.717, 1.165) is 25.9 Å². The highest BCUT2D eigenvalue weighted by atomic mass is 16.2. The number of benzene rings is 1. The molecule has 20 heavy (non-hydrogen) atoms. The molecule has 2 aliphatic heterocycles. The topological polar surface area (TPSA) is 32.7 Å². The van der Waals surface area contributed by atoms with Crippen molar-refractivity contribution in [3.63, 3.8) is 0 Å². The first-order chi connectivity index (χ1) is 9.72. The molecule has 1 spiro atoms. The highest BCUT2D eigenvalue weighted by molar-refractivity contribution is 6.03. The van der Waals surface area contributed by atoms with Crippen molar-refractivity contribution in [3.8, 4) is 0 Å². The summed E-state index contributed by atoms with van der Waals surface area (Å²) in [5, 5.41) is 0. The van der Waals surface area contributed by atoms with Gasteiger partial charge in [0.05, 0.1) is 5.69 Å². The minimum atomic E-state index is 0.140. The Morgan fingerprint density at radius 1 is 1.40 bits per heavy atom. The highest BCUT2D eigenvalue weighted by Gasteiger charge is 2.53. The van der Waals surface area contributed by atoms with Gasteiger partial charge in [-0.1, -0.05) is 18.2 Å². The van der Waals surface area contributed by atoms with E-state index in [0.29, 0.717) is 5.92 Å². The van der Waals surface area contributed by atoms with E-state index >= 15 is 0 Å². The van der Waals surface area contributed by atoms with Crippen LogP contribution in [0.15, 0.2) is 29.3 Å². The standard InChI is InChI=1S/C17H20N2O/c1-12(20)19-10-9-17-13(11-19)5-4-8-16(17)18-15-7-3-2-6-14(15)17/h2-3,6-7,13H,4-5,8-11H2,1H3. The van der Waals surface area contributed by atoms with Gasteiger partial charge in [0.15, 0.2) is 0 Å². The Morgan fingerprint density at radius 3 is 3.10 bits per heavy atom. The van der Waals surface area contributed by atoms with E-state index in [2.05, 4.69) is 24.3 Å². The fraction of sp³-hybridized carbons (Fsp3) is 0.529. The van der Waals surface area contributed by atoms with Crippen molar-refractivity contribution in [3.05, 3.63) is 29.8 Å². The largest absolute Gasteiger partial charge is 0.343 e. The van der Waals surface area contributed by atoms with Crippen LogP contribution in [0.5, 0.6) is 0 Å². The lowest BCUT2D eigenvalue weighted by Gasteiger charge is -2.49. The van der Waals surface area contributed by atoms with Gasteiger partial charge >= 0.3 is 0 Å². The van der Waals surface area contributed by atoms with Crippen LogP contribution in [0.1, 0.15) is 38.2 Å². The number of hydrogen-bond donors (Lipinski definition) is 0. The second kappa shape index (κ2) is 4.18. The Balaban J connectivity index is 1.80. The molecule has 2 heterocycles. The molecule has 3 heteroatoms. The maximum atomic E-state index is 11.7. The fourth-order valence-corrected chi connectivity index (χ4v) is 4.53. The predicted octanol–water partition coefficient (Wildman–Crippen LogP) is 3.06. The number of amides is 1. The van der Waals surface area contributed by atoms with Gasteiger partial charge in [0.25, 0.3) is 0 Å². The Morgan fingerprint density at radius 2 is 2.25 bits per heavy atom. The summed E-state index contributed by atoms with van der Waals surface area (Å²) in [7, 11) is 0. The maximum absolute atomic E-state index is 11.7. The van der Waals surface area contributed by atoms with Crippen LogP contribution in [0.4, 0.5) is 5.69 Å². The number of likely N-dealkylation sites (tertiary alicyclic amines) is 1. The zero-order valence-corrected chi connectivity index (χ0v) is 11.9. The molecule has 3 aliphatic rings. The molecule has 1 saturated carbocycles. The molecule has 3 nitrogen and oxygen atoms in total. The van der Waals surface area contributed by atoms with Crippen molar-refractivity contribution in [1.29, 1.82) is 0 Å². The minimum Gasteiger partial charge on any atom is -0.343 e. The van der Waals surface area contributed by atoms with Crippen LogP contribution in [0, 0.1) is 5.92 Å². The molecule has 1 saturated heterocycles. The number of aliphatic imine (C=N–C) groups is 1. The number of rotatable bonds is 0. The van der Waals surface area contributed by atoms with Gasteiger partial charge < -0.3 is 4.90 Å². The predicted molar refractivity (Wildman–Crippen MR) is 79.4 cm³/mol. The zero-order valence-electron chi connectivity index (χ0n) is 11.9. The molecule has 1 aromatic carbocycles. The SMILES string of the molecule is CC(=O)N1CCC23C(=Nc4ccccc42)CCCC3C1. The third-order valence-electron chi connectivity index (χ3n) is 5.48. The van der Waals surface area contributed by atoms with E-state index in [1.807, 2.05) is 4.90 Å². The van der Waals surface area contributed by atoms with Gasteiger partial charge in [-0.2, -0.15) is 0 Å². The van der Waals surface area contributed by atoms with Gasteiger partial charge in [0.2, 0.25) is 5.91 Å². The summed E-state index contributed by atoms with van der Waals surface area (Å²) in [6.07, 6.45) is 4.61. The molecule has 0 bridgehead atoms. The maximum Gasteiger partial charge on any atom is 0.219 e. The van der Waals surface area contributed by atoms with E-state index in [1.165, 1.54) is 29.8 Å². The van der Waals surface area contributed by atoms with Gasteiger partial charge in [-0.15, -0.1) is 0 Å². The third kappa shape index (κ3) is 1.46. The van der Waals surface area contributed by atoms with Gasteiger partial charge in [0, 0.05) is 31.1 Å². The molecule has 1 aromatic rings. The van der Waals surface area contributed by atoms with Gasteiger partial charge in [-0.05, 0) is 43.2 Å². The molecule has 2 unspecified atom stereocenters. The summed E-state index contributed by atoms with van der Waals surface area (Å²) >= 11 is 0. The number of nitrogens with zero attached hydrogens (tertiary/aromatic N) is 2. The van der Waals surface area contributed by atoms with Crippen molar-refractivity contribution in [1.82, 2.24) is 4.90 Å². The third-order valence-corrected chi connectivity index (χ3v) is 5.48. The molecular weight excluding hydrogens is 248 g/mol. The van der Waals surface area contributed by atoms with Crippen LogP contribution in [-0.2, 0) is 10.2 Å². The molecule has 2 atom stereocenters. The van der Waals surface area contributed by atoms with Crippen LogP contribution in [0.3, 0.4) is 0 Å². The molecular formula is C17H20N2O. The molecule has 1 aliphatic carbocycles. The summed E-state index contributed by atoms with van der Waals surface area (Å²) in [5.74, 6) is 0.770. The lowest BCUT2D eigenvalue weighted by molar-refractivity contribution is -0.131. The second-order valence-electron chi connectivity index (χ2n) is 6.35. The van der Waals surface area contributed by atoms with Crippen molar-refractivity contribution in [2.45, 2.75) is 38.0 Å². The minimum absolute atomic E-state index is 0.140. The van der Waals surface area contributed by atoms with E-state index < -0.39 is 0 Å². The molecule has 104 valence electrons. The average molecular weight is 268 g/mol. The Hall–Kier alpha value is -1.64. The first kappa shape index (κ1) is 12.1. The average Bonchev–Trinajstić information content (AvgIpc) is 2.79. The normalized spacial score (nSPS) is 31.1. The molecule has 0 aromatic heterocycles. The van der Waals surface area contributed by atoms with Gasteiger partial charge in [-0.25, -0.2) is 0 Å². The summed E-state index contributed by atoms with van der Waals surface area (Å²) in [4.78, 5) is 18.7. The molecule has 0 N–H and O–H groups in total. The monoisotopic (exact) mass is 268 g/mol. The van der Waals surface area contributed by atoms with Crippen LogP contribution in [0.25, 0.3) is 0 Å². The van der Waals surface area contributed by atoms with E-state index in [1.54, 1.807) is 6.92 Å². The van der Waals surface area contributed by atoms with E-state index in [-0.39, 0.29) is 11.3 Å². The molecule has 0 radical (unpaired) electrons. The Kier molecular flexibility index (Phi) is 2.53. The van der Waals surface area contributed by atoms with Gasteiger partial charge in [-0.3, -0.25) is 9.79 Å². The van der Waals surface area contributed by atoms with Crippen LogP contribution < -0.4 is 0 Å². The number of hydrogen-bond acceptors (Lipinski definition) is 2. The smallest absolute Gasteiger partial charge is 0.219 e. The quantitative estimate of drug-likeness (QED) is 0.711. The summed E-state index contributed by atoms with van der Waals surface area (Å²) in [6.45, 7) is 3.47. The summed E-state index contributed by atoms with van der Waals surface area (Å²) in [6, 6.07) is 8.61. The van der Waals surface area contributed by atoms with Crippen LogP contribution >= 0.6 is 0 Å². The van der Waals surface area contributed by atoms with E-state index in [9.17, 15) is 4.79 Å². The van der Waals surface area contributed by atoms with Crippen molar-refractivity contribution in [2.24, 2.45) is 10.9 Å². The highest BCUT2D eigenvalue weighted by Crippen LogP contribution is 2.53. The van der Waals surface area contributed by atoms with Crippen LogP contribution in [-0.4, -0.2) is 29.6 Å². The Labute approximate surface area is 119 Å². The fourth-order valence-electron chi connectivity index (χ4n) is 4.53. The van der Waals surface area contributed by atoms with Crippen molar-refractivity contribution < 1.29 is 4.79 Å². The van der Waals surface area contributed by atoms with Crippen molar-refractivity contribution >= 4 is 17.3 Å². The molecule has 1 amide bonds. The number of fused-ring (bicyclic) bond motifs is 1. The zero-order chi connectivity index (χ0) is 13.7. The lowest BCUT2D eigenvalue weighted by Crippen LogP contribution is -2.55. The number of piperidine rings is 1. The van der Waals surface area contributed by atoms with Crippen LogP contribution in [0.2, 0.25) is 0 Å². The number of carbonyl (C=O) groups is 1. The molecule has 2 fully saturated rings. The number of carbonyl (C=O) groups excluding carboxylic acids is 1. The van der Waals surface area contributed by atoms with E-state index in [4.69, 9.17) is 4.99 Å². The molecule has 4 rings (SSSR count).